The average molecular weight is 454 g/mol. The molecular formula is C18H23AsN2O7. The van der Waals surface area contributed by atoms with Gasteiger partial charge in [-0.2, -0.15) is 0 Å². The Morgan fingerprint density at radius 2 is 2.00 bits per heavy atom. The van der Waals surface area contributed by atoms with Crippen LogP contribution in [0.3, 0.4) is 0 Å². The average Bonchev–Trinajstić information content (AvgIpc) is 2.68. The van der Waals surface area contributed by atoms with Crippen molar-refractivity contribution in [1.29, 1.82) is 0 Å². The predicted molar refractivity (Wildman–Crippen MR) is 99.7 cm³/mol. The third kappa shape index (κ3) is 4.39. The summed E-state index contributed by atoms with van der Waals surface area (Å²) >= 11 is -5.07. The molecule has 0 saturated heterocycles. The first kappa shape index (κ1) is 22.0. The molecule has 0 aliphatic heterocycles. The van der Waals surface area contributed by atoms with Crippen molar-refractivity contribution < 1.29 is 30.9 Å². The standard InChI is InChI=1S/C18H23AsN2O7/c1-3-27-19(24,28-25)15-10-7-11-16(20)18(15,21-13(2)22)17(23)26-12-14-8-5-4-6-9-14/h4-11,15,25H,3,12,20H2,1-2H3,(H,21,22). The third-order valence-corrected chi connectivity index (χ3v) is 8.52. The molecule has 0 spiro atoms. The monoisotopic (exact) mass is 454 g/mol. The second-order valence-electron chi connectivity index (χ2n) is 6.04. The van der Waals surface area contributed by atoms with Crippen molar-refractivity contribution in [1.82, 2.24) is 5.32 Å². The number of amides is 1. The molecular weight excluding hydrogens is 431 g/mol. The van der Waals surface area contributed by atoms with E-state index in [9.17, 15) is 18.6 Å². The van der Waals surface area contributed by atoms with Crippen molar-refractivity contribution in [2.75, 3.05) is 6.61 Å². The molecule has 1 aliphatic carbocycles. The molecule has 0 aromatic heterocycles. The van der Waals surface area contributed by atoms with E-state index in [1.165, 1.54) is 25.2 Å². The molecule has 0 radical (unpaired) electrons. The van der Waals surface area contributed by atoms with E-state index >= 15 is 0 Å². The van der Waals surface area contributed by atoms with Crippen LogP contribution in [-0.4, -0.2) is 43.5 Å². The maximum atomic E-state index is 13.1. The van der Waals surface area contributed by atoms with E-state index in [1.54, 1.807) is 31.2 Å². The molecule has 2 rings (SSSR count). The Morgan fingerprint density at radius 3 is 2.57 bits per heavy atom. The molecule has 10 heteroatoms. The van der Waals surface area contributed by atoms with Crippen LogP contribution >= 0.6 is 0 Å². The van der Waals surface area contributed by atoms with Crippen LogP contribution in [0.5, 0.6) is 0 Å². The summed E-state index contributed by atoms with van der Waals surface area (Å²) in [6, 6.07) is 8.87. The van der Waals surface area contributed by atoms with E-state index < -0.39 is 36.3 Å². The molecule has 9 nitrogen and oxygen atoms in total. The van der Waals surface area contributed by atoms with Gasteiger partial charge < -0.3 is 0 Å². The summed E-state index contributed by atoms with van der Waals surface area (Å²) in [7, 11) is 0. The first-order valence-electron chi connectivity index (χ1n) is 8.52. The summed E-state index contributed by atoms with van der Waals surface area (Å²) in [5.41, 5.74) is 4.59. The molecule has 1 amide bonds. The van der Waals surface area contributed by atoms with E-state index in [2.05, 4.69) is 9.19 Å². The Balaban J connectivity index is 2.47. The molecule has 0 fully saturated rings. The zero-order valence-electron chi connectivity index (χ0n) is 15.5. The zero-order chi connectivity index (χ0) is 20.8. The summed E-state index contributed by atoms with van der Waals surface area (Å²) in [6.45, 7) is 2.57. The molecule has 0 saturated carbocycles. The van der Waals surface area contributed by atoms with Gasteiger partial charge in [-0.1, -0.05) is 0 Å². The van der Waals surface area contributed by atoms with Crippen LogP contribution in [-0.2, 0) is 32.3 Å². The minimum absolute atomic E-state index is 0.0553. The number of benzene rings is 1. The van der Waals surface area contributed by atoms with E-state index in [1.807, 2.05) is 6.07 Å². The molecule has 0 heterocycles. The molecule has 1 aromatic carbocycles. The predicted octanol–water partition coefficient (Wildman–Crippen LogP) is 1.28. The maximum absolute atomic E-state index is 13.1. The summed E-state index contributed by atoms with van der Waals surface area (Å²) in [4.78, 5) is 25.0. The Bertz CT molecular complexity index is 824. The number of hydrogen-bond acceptors (Lipinski definition) is 8. The summed E-state index contributed by atoms with van der Waals surface area (Å²) < 4.78 is 26.5. The normalized spacial score (nSPS) is 23.4. The van der Waals surface area contributed by atoms with Gasteiger partial charge >= 0.3 is 165 Å². The van der Waals surface area contributed by atoms with Crippen molar-refractivity contribution in [3.63, 3.8) is 0 Å². The van der Waals surface area contributed by atoms with Crippen LogP contribution < -0.4 is 11.1 Å². The quantitative estimate of drug-likeness (QED) is 0.231. The van der Waals surface area contributed by atoms with Crippen LogP contribution in [0.1, 0.15) is 19.4 Å². The number of allylic oxidation sites excluding steroid dienone is 2. The van der Waals surface area contributed by atoms with Crippen LogP contribution in [0.4, 0.5) is 0 Å². The van der Waals surface area contributed by atoms with Gasteiger partial charge in [-0.25, -0.2) is 0 Å². The SMILES string of the molecule is CCO[As](=O)(OO)C1C=CC=C(N)C1(NC(C)=O)C(=O)OCc1ccccc1. The first-order chi connectivity index (χ1) is 13.3. The van der Waals surface area contributed by atoms with Crippen LogP contribution in [0, 0.1) is 0 Å². The Hall–Kier alpha value is -2.32. The second-order valence-corrected chi connectivity index (χ2v) is 10.4. The summed E-state index contributed by atoms with van der Waals surface area (Å²) in [5, 5.41) is 11.7. The Morgan fingerprint density at radius 1 is 1.32 bits per heavy atom. The van der Waals surface area contributed by atoms with Gasteiger partial charge in [-0.15, -0.1) is 0 Å². The molecule has 4 N–H and O–H groups in total. The molecule has 1 aromatic rings. The van der Waals surface area contributed by atoms with E-state index in [0.29, 0.717) is 5.56 Å². The van der Waals surface area contributed by atoms with Gasteiger partial charge in [0.1, 0.15) is 0 Å². The van der Waals surface area contributed by atoms with Gasteiger partial charge in [0.25, 0.3) is 0 Å². The number of ether oxygens (including phenoxy) is 1. The Labute approximate surface area is 165 Å². The molecule has 28 heavy (non-hydrogen) atoms. The van der Waals surface area contributed by atoms with Gasteiger partial charge in [0.2, 0.25) is 0 Å². The fourth-order valence-corrected chi connectivity index (χ4v) is 6.66. The van der Waals surface area contributed by atoms with E-state index in [0.717, 1.165) is 0 Å². The fraction of sp³-hybridized carbons (Fsp3) is 0.333. The molecule has 152 valence electrons. The zero-order valence-corrected chi connectivity index (χ0v) is 17.4. The van der Waals surface area contributed by atoms with Gasteiger partial charge in [0.05, 0.1) is 0 Å². The van der Waals surface area contributed by atoms with Crippen molar-refractivity contribution >= 4 is 26.0 Å². The first-order valence-corrected chi connectivity index (χ1v) is 11.9. The minimum atomic E-state index is -5.07. The van der Waals surface area contributed by atoms with E-state index in [4.69, 9.17) is 14.2 Å². The van der Waals surface area contributed by atoms with Crippen molar-refractivity contribution in [2.45, 2.75) is 30.7 Å². The van der Waals surface area contributed by atoms with Gasteiger partial charge in [0, 0.05) is 0 Å². The van der Waals surface area contributed by atoms with Crippen molar-refractivity contribution in [2.24, 2.45) is 5.73 Å². The van der Waals surface area contributed by atoms with Gasteiger partial charge in [0.15, 0.2) is 0 Å². The molecule has 0 bridgehead atoms. The topological polar surface area (TPSA) is 137 Å². The number of nitrogens with two attached hydrogens (primary N) is 1. The summed E-state index contributed by atoms with van der Waals surface area (Å²) in [5.74, 6) is -1.57. The van der Waals surface area contributed by atoms with Crippen LogP contribution in [0.2, 0.25) is 4.71 Å². The van der Waals surface area contributed by atoms with Crippen molar-refractivity contribution in [3.8, 4) is 0 Å². The van der Waals surface area contributed by atoms with E-state index in [-0.39, 0.29) is 18.9 Å². The second kappa shape index (κ2) is 9.25. The third-order valence-electron chi connectivity index (χ3n) is 4.14. The summed E-state index contributed by atoms with van der Waals surface area (Å²) in [6.07, 6.45) is 4.15. The van der Waals surface area contributed by atoms with Crippen molar-refractivity contribution in [3.05, 3.63) is 59.8 Å². The number of carbonyl (C=O) groups is 2. The van der Waals surface area contributed by atoms with Crippen LogP contribution in [0.15, 0.2) is 54.3 Å². The number of hydrogen-bond donors (Lipinski definition) is 3. The number of esters is 1. The molecule has 3 atom stereocenters. The molecule has 1 aliphatic rings. The number of rotatable bonds is 8. The van der Waals surface area contributed by atoms with Gasteiger partial charge in [-0.05, 0) is 0 Å². The Kier molecular flexibility index (Phi) is 7.26. The number of carbonyl (C=O) groups excluding carboxylic acids is 2. The molecule has 3 unspecified atom stereocenters. The number of nitrogens with one attached hydrogen (secondary N) is 1. The fourth-order valence-electron chi connectivity index (χ4n) is 2.94. The van der Waals surface area contributed by atoms with Gasteiger partial charge in [-0.3, -0.25) is 0 Å². The van der Waals surface area contributed by atoms with Crippen LogP contribution in [0.25, 0.3) is 0 Å².